The average Bonchev–Trinajstić information content (AvgIpc) is 2.63. The molecule has 0 saturated carbocycles. The molecule has 2 heterocycles. The summed E-state index contributed by atoms with van der Waals surface area (Å²) in [6, 6.07) is 5.23. The Balaban J connectivity index is 1.73. The third-order valence-electron chi connectivity index (χ3n) is 4.46. The summed E-state index contributed by atoms with van der Waals surface area (Å²) in [6.07, 6.45) is 1.31. The molecular weight excluding hydrogens is 341 g/mol. The maximum Gasteiger partial charge on any atom is 0.416 e. The summed E-state index contributed by atoms with van der Waals surface area (Å²) in [6.45, 7) is 8.15. The van der Waals surface area contributed by atoms with Crippen molar-refractivity contribution in [1.29, 1.82) is 0 Å². The van der Waals surface area contributed by atoms with Crippen LogP contribution in [-0.4, -0.2) is 47.6 Å². The first-order valence-corrected chi connectivity index (χ1v) is 8.51. The Labute approximate surface area is 151 Å². The van der Waals surface area contributed by atoms with Gasteiger partial charge >= 0.3 is 6.18 Å². The Kier molecular flexibility index (Phi) is 5.56. The van der Waals surface area contributed by atoms with Gasteiger partial charge in [-0.2, -0.15) is 13.2 Å². The Hall–Kier alpha value is -2.41. The number of nitrogens with zero attached hydrogens (tertiary/aromatic N) is 4. The molecule has 1 aromatic carbocycles. The fourth-order valence-electron chi connectivity index (χ4n) is 3.08. The number of piperazine rings is 1. The minimum absolute atomic E-state index is 0.453. The maximum atomic E-state index is 12.7. The predicted molar refractivity (Wildman–Crippen MR) is 95.1 cm³/mol. The van der Waals surface area contributed by atoms with Crippen LogP contribution in [0.4, 0.5) is 19.0 Å². The van der Waals surface area contributed by atoms with E-state index in [0.717, 1.165) is 61.9 Å². The van der Waals surface area contributed by atoms with Crippen molar-refractivity contribution in [2.75, 3.05) is 37.6 Å². The maximum absolute atomic E-state index is 12.7. The number of halogens is 3. The molecule has 0 amide bonds. The van der Waals surface area contributed by atoms with Crippen LogP contribution in [0.3, 0.4) is 0 Å². The van der Waals surface area contributed by atoms with Crippen LogP contribution in [0.1, 0.15) is 16.8 Å². The molecule has 0 N–H and O–H groups in total. The van der Waals surface area contributed by atoms with E-state index >= 15 is 0 Å². The Morgan fingerprint density at radius 1 is 1.00 bits per heavy atom. The molecule has 0 aliphatic carbocycles. The highest BCUT2D eigenvalue weighted by atomic mass is 19.4. The van der Waals surface area contributed by atoms with E-state index in [-0.39, 0.29) is 0 Å². The minimum atomic E-state index is -4.32. The van der Waals surface area contributed by atoms with Crippen LogP contribution in [0.5, 0.6) is 0 Å². The van der Waals surface area contributed by atoms with Gasteiger partial charge in [0.05, 0.1) is 11.3 Å². The van der Waals surface area contributed by atoms with Crippen molar-refractivity contribution < 1.29 is 13.2 Å². The van der Waals surface area contributed by atoms with E-state index in [2.05, 4.69) is 26.3 Å². The van der Waals surface area contributed by atoms with E-state index in [1.54, 1.807) is 12.4 Å². The number of benzene rings is 1. The smallest absolute Gasteiger partial charge is 0.353 e. The van der Waals surface area contributed by atoms with Crippen molar-refractivity contribution >= 4 is 5.82 Å². The van der Waals surface area contributed by atoms with Crippen molar-refractivity contribution in [1.82, 2.24) is 14.9 Å². The van der Waals surface area contributed by atoms with Crippen LogP contribution in [0.15, 0.2) is 49.3 Å². The lowest BCUT2D eigenvalue weighted by Crippen LogP contribution is -2.47. The minimum Gasteiger partial charge on any atom is -0.353 e. The largest absolute Gasteiger partial charge is 0.416 e. The second-order valence-corrected chi connectivity index (χ2v) is 6.27. The van der Waals surface area contributed by atoms with Crippen molar-refractivity contribution in [3.8, 4) is 0 Å². The van der Waals surface area contributed by atoms with Gasteiger partial charge in [-0.1, -0.05) is 18.2 Å². The molecule has 0 unspecified atom stereocenters. The molecule has 0 spiro atoms. The van der Waals surface area contributed by atoms with Gasteiger partial charge in [-0.3, -0.25) is 9.88 Å². The summed E-state index contributed by atoms with van der Waals surface area (Å²) >= 11 is 0. The van der Waals surface area contributed by atoms with Gasteiger partial charge in [0.25, 0.3) is 0 Å². The fourth-order valence-corrected chi connectivity index (χ4v) is 3.08. The van der Waals surface area contributed by atoms with E-state index in [9.17, 15) is 13.2 Å². The molecule has 1 aliphatic rings. The lowest BCUT2D eigenvalue weighted by Gasteiger charge is -2.35. The van der Waals surface area contributed by atoms with Gasteiger partial charge < -0.3 is 4.90 Å². The van der Waals surface area contributed by atoms with E-state index in [1.165, 1.54) is 12.1 Å². The molecular formula is C19H21F3N4. The van der Waals surface area contributed by atoms with E-state index < -0.39 is 11.7 Å². The predicted octanol–water partition coefficient (Wildman–Crippen LogP) is 3.39. The quantitative estimate of drug-likeness (QED) is 0.763. The second kappa shape index (κ2) is 7.86. The standard InChI is InChI=1S/C19H21F3N4/c1-2-9-25-10-12-26(13-11-25)18-17(23-7-8-24-18)14-15-3-5-16(6-4-15)19(20,21)22/h2-8H,1,9-14H2. The normalized spacial score (nSPS) is 15.9. The van der Waals surface area contributed by atoms with Gasteiger partial charge in [-0.15, -0.1) is 6.58 Å². The summed E-state index contributed by atoms with van der Waals surface area (Å²) < 4.78 is 38.1. The van der Waals surface area contributed by atoms with E-state index in [1.807, 2.05) is 6.08 Å². The monoisotopic (exact) mass is 362 g/mol. The number of alkyl halides is 3. The van der Waals surface area contributed by atoms with E-state index in [0.29, 0.717) is 6.42 Å². The van der Waals surface area contributed by atoms with Gasteiger partial charge in [-0.05, 0) is 17.7 Å². The molecule has 0 radical (unpaired) electrons. The first kappa shape index (κ1) is 18.4. The highest BCUT2D eigenvalue weighted by Crippen LogP contribution is 2.29. The summed E-state index contributed by atoms with van der Waals surface area (Å²) in [4.78, 5) is 13.4. The topological polar surface area (TPSA) is 32.3 Å². The molecule has 4 nitrogen and oxygen atoms in total. The molecule has 1 aliphatic heterocycles. The Morgan fingerprint density at radius 2 is 1.65 bits per heavy atom. The Morgan fingerprint density at radius 3 is 2.27 bits per heavy atom. The number of hydrogen-bond donors (Lipinski definition) is 0. The highest BCUT2D eigenvalue weighted by Gasteiger charge is 2.30. The van der Waals surface area contributed by atoms with Crippen molar-refractivity contribution in [3.63, 3.8) is 0 Å². The third kappa shape index (κ3) is 4.40. The average molecular weight is 362 g/mol. The van der Waals surface area contributed by atoms with Gasteiger partial charge in [0.15, 0.2) is 5.82 Å². The van der Waals surface area contributed by atoms with Gasteiger partial charge in [0.2, 0.25) is 0 Å². The summed E-state index contributed by atoms with van der Waals surface area (Å²) in [5.74, 6) is 0.811. The lowest BCUT2D eigenvalue weighted by atomic mass is 10.1. The van der Waals surface area contributed by atoms with Crippen LogP contribution < -0.4 is 4.90 Å². The molecule has 26 heavy (non-hydrogen) atoms. The SMILES string of the molecule is C=CCN1CCN(c2nccnc2Cc2ccc(C(F)(F)F)cc2)CC1. The van der Waals surface area contributed by atoms with E-state index in [4.69, 9.17) is 0 Å². The Bertz CT molecular complexity index is 735. The molecule has 138 valence electrons. The van der Waals surface area contributed by atoms with Gasteiger partial charge in [0.1, 0.15) is 0 Å². The highest BCUT2D eigenvalue weighted by molar-refractivity contribution is 5.46. The number of hydrogen-bond acceptors (Lipinski definition) is 4. The first-order valence-electron chi connectivity index (χ1n) is 8.51. The van der Waals surface area contributed by atoms with Crippen LogP contribution in [0, 0.1) is 0 Å². The molecule has 1 aromatic heterocycles. The third-order valence-corrected chi connectivity index (χ3v) is 4.46. The molecule has 7 heteroatoms. The molecule has 1 saturated heterocycles. The summed E-state index contributed by atoms with van der Waals surface area (Å²) in [5.41, 5.74) is 0.924. The fraction of sp³-hybridized carbons (Fsp3) is 0.368. The van der Waals surface area contributed by atoms with Crippen molar-refractivity contribution in [3.05, 3.63) is 66.1 Å². The zero-order valence-electron chi connectivity index (χ0n) is 14.4. The van der Waals surface area contributed by atoms with Crippen molar-refractivity contribution in [2.45, 2.75) is 12.6 Å². The molecule has 1 fully saturated rings. The van der Waals surface area contributed by atoms with Crippen LogP contribution >= 0.6 is 0 Å². The van der Waals surface area contributed by atoms with Crippen LogP contribution in [0.25, 0.3) is 0 Å². The van der Waals surface area contributed by atoms with Crippen LogP contribution in [0.2, 0.25) is 0 Å². The van der Waals surface area contributed by atoms with Gasteiger partial charge in [0, 0.05) is 51.5 Å². The first-order chi connectivity index (χ1) is 12.5. The zero-order valence-corrected chi connectivity index (χ0v) is 14.4. The molecule has 2 aromatic rings. The van der Waals surface area contributed by atoms with Gasteiger partial charge in [-0.25, -0.2) is 4.98 Å². The zero-order chi connectivity index (χ0) is 18.6. The number of anilines is 1. The summed E-state index contributed by atoms with van der Waals surface area (Å²) in [5, 5.41) is 0. The summed E-state index contributed by atoms with van der Waals surface area (Å²) in [7, 11) is 0. The number of rotatable bonds is 5. The number of aromatic nitrogens is 2. The molecule has 0 atom stereocenters. The van der Waals surface area contributed by atoms with Crippen LogP contribution in [-0.2, 0) is 12.6 Å². The molecule has 0 bridgehead atoms. The molecule has 3 rings (SSSR count). The second-order valence-electron chi connectivity index (χ2n) is 6.27. The lowest BCUT2D eigenvalue weighted by molar-refractivity contribution is -0.137. The van der Waals surface area contributed by atoms with Crippen molar-refractivity contribution in [2.24, 2.45) is 0 Å².